The van der Waals surface area contributed by atoms with Gasteiger partial charge in [0.05, 0.1) is 6.54 Å². The summed E-state index contributed by atoms with van der Waals surface area (Å²) in [5.41, 5.74) is 0. The third-order valence-corrected chi connectivity index (χ3v) is 5.19. The summed E-state index contributed by atoms with van der Waals surface area (Å²) in [5.74, 6) is 1.29. The van der Waals surface area contributed by atoms with E-state index in [2.05, 4.69) is 23.6 Å². The molecule has 0 aromatic heterocycles. The van der Waals surface area contributed by atoms with Gasteiger partial charge in [-0.2, -0.15) is 0 Å². The van der Waals surface area contributed by atoms with Crippen molar-refractivity contribution in [2.24, 2.45) is 11.8 Å². The minimum absolute atomic E-state index is 0.130. The van der Waals surface area contributed by atoms with Crippen molar-refractivity contribution >= 4 is 11.7 Å². The van der Waals surface area contributed by atoms with Gasteiger partial charge in [0.2, 0.25) is 5.91 Å². The van der Waals surface area contributed by atoms with E-state index in [1.54, 1.807) is 0 Å². The quantitative estimate of drug-likeness (QED) is 0.743. The van der Waals surface area contributed by atoms with Crippen LogP contribution in [0, 0.1) is 11.8 Å². The summed E-state index contributed by atoms with van der Waals surface area (Å²) in [6, 6.07) is 0.325. The molecule has 5 heteroatoms. The smallest absolute Gasteiger partial charge is 0.223 e. The lowest BCUT2D eigenvalue weighted by atomic mass is 9.94. The van der Waals surface area contributed by atoms with E-state index in [1.807, 2.05) is 18.7 Å². The summed E-state index contributed by atoms with van der Waals surface area (Å²) < 4.78 is 0. The fraction of sp³-hybridized carbons (Fsp3) is 0.889. The number of piperazine rings is 1. The van der Waals surface area contributed by atoms with Crippen molar-refractivity contribution in [2.45, 2.75) is 46.6 Å². The van der Waals surface area contributed by atoms with Crippen LogP contribution in [0.4, 0.5) is 0 Å². The van der Waals surface area contributed by atoms with Crippen molar-refractivity contribution in [3.8, 4) is 0 Å². The topological polar surface area (TPSA) is 43.9 Å². The molecule has 2 aliphatic rings. The second-order valence-corrected chi connectivity index (χ2v) is 7.74. The molecule has 1 atom stereocenters. The molecule has 2 saturated heterocycles. The van der Waals surface area contributed by atoms with Crippen molar-refractivity contribution in [3.63, 3.8) is 0 Å². The van der Waals surface area contributed by atoms with Gasteiger partial charge in [-0.1, -0.05) is 13.8 Å². The highest BCUT2D eigenvalue weighted by molar-refractivity contribution is 5.82. The molecular formula is C18H33N3O2. The average molecular weight is 323 g/mol. The first-order valence-electron chi connectivity index (χ1n) is 9.13. The molecule has 1 unspecified atom stereocenters. The van der Waals surface area contributed by atoms with Gasteiger partial charge in [-0.3, -0.25) is 14.5 Å². The largest absolute Gasteiger partial charge is 0.340 e. The summed E-state index contributed by atoms with van der Waals surface area (Å²) in [6.45, 7) is 14.6. The Bertz CT molecular complexity index is 414. The average Bonchev–Trinajstić information content (AvgIpc) is 2.48. The normalized spacial score (nSPS) is 24.7. The summed E-state index contributed by atoms with van der Waals surface area (Å²) in [4.78, 5) is 30.8. The number of amides is 1. The first-order valence-corrected chi connectivity index (χ1v) is 9.13. The number of ketones is 1. The molecule has 5 nitrogen and oxygen atoms in total. The summed E-state index contributed by atoms with van der Waals surface area (Å²) in [5, 5.41) is 0. The molecule has 0 aromatic rings. The Morgan fingerprint density at radius 3 is 2.17 bits per heavy atom. The summed E-state index contributed by atoms with van der Waals surface area (Å²) in [7, 11) is 0. The predicted molar refractivity (Wildman–Crippen MR) is 92.3 cm³/mol. The van der Waals surface area contributed by atoms with E-state index in [0.717, 1.165) is 45.7 Å². The molecule has 0 bridgehead atoms. The van der Waals surface area contributed by atoms with Crippen LogP contribution in [0.15, 0.2) is 0 Å². The van der Waals surface area contributed by atoms with Gasteiger partial charge in [0.25, 0.3) is 0 Å². The van der Waals surface area contributed by atoms with E-state index in [4.69, 9.17) is 0 Å². The van der Waals surface area contributed by atoms with Crippen LogP contribution >= 0.6 is 0 Å². The monoisotopic (exact) mass is 323 g/mol. The zero-order valence-electron chi connectivity index (χ0n) is 15.3. The van der Waals surface area contributed by atoms with E-state index < -0.39 is 0 Å². The lowest BCUT2D eigenvalue weighted by molar-refractivity contribution is -0.137. The van der Waals surface area contributed by atoms with E-state index in [9.17, 15) is 9.59 Å². The highest BCUT2D eigenvalue weighted by Gasteiger charge is 2.29. The summed E-state index contributed by atoms with van der Waals surface area (Å²) in [6.07, 6.45) is 1.82. The van der Waals surface area contributed by atoms with Crippen molar-refractivity contribution in [1.82, 2.24) is 14.7 Å². The Labute approximate surface area is 141 Å². The molecule has 0 N–H and O–H groups in total. The Kier molecular flexibility index (Phi) is 6.60. The first-order chi connectivity index (χ1) is 10.9. The third-order valence-electron chi connectivity index (χ3n) is 5.19. The highest BCUT2D eigenvalue weighted by Crippen LogP contribution is 2.21. The van der Waals surface area contributed by atoms with Crippen molar-refractivity contribution in [3.05, 3.63) is 0 Å². The molecule has 1 amide bonds. The van der Waals surface area contributed by atoms with Crippen LogP contribution < -0.4 is 0 Å². The lowest BCUT2D eigenvalue weighted by Crippen LogP contribution is -2.51. The highest BCUT2D eigenvalue weighted by atomic mass is 16.2. The molecule has 2 aliphatic heterocycles. The first kappa shape index (κ1) is 18.4. The van der Waals surface area contributed by atoms with E-state index in [1.165, 1.54) is 0 Å². The molecule has 2 fully saturated rings. The molecule has 2 heterocycles. The number of hydrogen-bond donors (Lipinski definition) is 0. The van der Waals surface area contributed by atoms with Gasteiger partial charge in [-0.05, 0) is 26.2 Å². The van der Waals surface area contributed by atoms with Gasteiger partial charge >= 0.3 is 0 Å². The van der Waals surface area contributed by atoms with Crippen LogP contribution in [0.5, 0.6) is 0 Å². The van der Waals surface area contributed by atoms with Crippen LogP contribution in [0.2, 0.25) is 0 Å². The Hall–Kier alpha value is -0.940. The molecule has 0 saturated carbocycles. The lowest BCUT2D eigenvalue weighted by Gasteiger charge is -2.39. The van der Waals surface area contributed by atoms with Crippen molar-refractivity contribution in [1.29, 1.82) is 0 Å². The molecule has 2 rings (SSSR count). The number of hydrogen-bond acceptors (Lipinski definition) is 4. The van der Waals surface area contributed by atoms with E-state index in [-0.39, 0.29) is 5.92 Å². The second-order valence-electron chi connectivity index (χ2n) is 7.74. The van der Waals surface area contributed by atoms with E-state index >= 15 is 0 Å². The zero-order valence-corrected chi connectivity index (χ0v) is 15.3. The molecule has 23 heavy (non-hydrogen) atoms. The molecule has 0 radical (unpaired) electrons. The van der Waals surface area contributed by atoms with Gasteiger partial charge in [0.15, 0.2) is 0 Å². The van der Waals surface area contributed by atoms with Crippen LogP contribution in [0.25, 0.3) is 0 Å². The molecular weight excluding hydrogens is 290 g/mol. The maximum atomic E-state index is 12.2. The summed E-state index contributed by atoms with van der Waals surface area (Å²) >= 11 is 0. The Morgan fingerprint density at radius 2 is 1.65 bits per heavy atom. The Balaban J connectivity index is 1.71. The maximum absolute atomic E-state index is 12.2. The van der Waals surface area contributed by atoms with Crippen LogP contribution in [-0.2, 0) is 9.59 Å². The van der Waals surface area contributed by atoms with Crippen LogP contribution in [0.1, 0.15) is 40.5 Å². The minimum atomic E-state index is 0.130. The number of Topliss-reactive ketones (excluding diaryl/α,β-unsaturated/α-hetero) is 1. The number of carbonyl (C=O) groups is 2. The van der Waals surface area contributed by atoms with Crippen molar-refractivity contribution in [2.75, 3.05) is 45.8 Å². The number of likely N-dealkylation sites (tertiary alicyclic amines) is 1. The fourth-order valence-electron chi connectivity index (χ4n) is 3.51. The fourth-order valence-corrected chi connectivity index (χ4v) is 3.51. The SMILES string of the molecule is CC(C)C(=O)CN1CCN(CC2CCN(C(C)C)C(=O)C2)CC1. The molecule has 132 valence electrons. The maximum Gasteiger partial charge on any atom is 0.223 e. The van der Waals surface area contributed by atoms with E-state index in [0.29, 0.717) is 36.6 Å². The standard InChI is InChI=1S/C18H33N3O2/c1-14(2)17(22)13-20-9-7-19(8-10-20)12-16-5-6-21(15(3)4)18(23)11-16/h14-16H,5-13H2,1-4H3. The third kappa shape index (κ3) is 5.28. The minimum Gasteiger partial charge on any atom is -0.340 e. The van der Waals surface area contributed by atoms with Gasteiger partial charge in [0, 0.05) is 57.6 Å². The van der Waals surface area contributed by atoms with Gasteiger partial charge in [-0.15, -0.1) is 0 Å². The number of carbonyl (C=O) groups excluding carboxylic acids is 2. The molecule has 0 aromatic carbocycles. The number of rotatable bonds is 6. The number of nitrogens with zero attached hydrogens (tertiary/aromatic N) is 3. The zero-order chi connectivity index (χ0) is 17.0. The molecule has 0 spiro atoms. The van der Waals surface area contributed by atoms with Crippen LogP contribution in [0.3, 0.4) is 0 Å². The van der Waals surface area contributed by atoms with Gasteiger partial charge in [-0.25, -0.2) is 0 Å². The number of piperidine rings is 1. The van der Waals surface area contributed by atoms with Crippen molar-refractivity contribution < 1.29 is 9.59 Å². The second kappa shape index (κ2) is 8.25. The molecule has 0 aliphatic carbocycles. The van der Waals surface area contributed by atoms with Crippen LogP contribution in [-0.4, -0.2) is 78.2 Å². The predicted octanol–water partition coefficient (Wildman–Crippen LogP) is 1.48. The van der Waals surface area contributed by atoms with Gasteiger partial charge in [0.1, 0.15) is 5.78 Å². The van der Waals surface area contributed by atoms with Gasteiger partial charge < -0.3 is 9.80 Å². The Morgan fingerprint density at radius 1 is 1.04 bits per heavy atom.